The Bertz CT molecular complexity index is 128. The molecule has 1 saturated heterocycles. The lowest BCUT2D eigenvalue weighted by atomic mass is 10.4. The van der Waals surface area contributed by atoms with Crippen molar-refractivity contribution in [2.45, 2.75) is 6.10 Å². The van der Waals surface area contributed by atoms with Crippen LogP contribution < -0.4 is 0 Å². The van der Waals surface area contributed by atoms with Gasteiger partial charge in [-0.3, -0.25) is 0 Å². The summed E-state index contributed by atoms with van der Waals surface area (Å²) in [6, 6.07) is 0. The molecule has 0 radical (unpaired) electrons. The highest BCUT2D eigenvalue weighted by molar-refractivity contribution is 14.1. The quantitative estimate of drug-likeness (QED) is 0.503. The number of nitrogens with zero attached hydrogens (tertiary/aromatic N) is 1. The third-order valence-electron chi connectivity index (χ3n) is 1.23. The number of alkyl halides is 1. The highest BCUT2D eigenvalue weighted by Crippen LogP contribution is 2.10. The van der Waals surface area contributed by atoms with E-state index in [1.165, 1.54) is 0 Å². The van der Waals surface area contributed by atoms with Gasteiger partial charge < -0.3 is 9.64 Å². The minimum Gasteiger partial charge on any atom is -0.443 e. The monoisotopic (exact) mass is 241 g/mol. The van der Waals surface area contributed by atoms with Crippen LogP contribution in [0.15, 0.2) is 0 Å². The van der Waals surface area contributed by atoms with Crippen LogP contribution in [0.1, 0.15) is 0 Å². The molecule has 0 N–H and O–H groups in total. The van der Waals surface area contributed by atoms with E-state index in [9.17, 15) is 4.79 Å². The van der Waals surface area contributed by atoms with Gasteiger partial charge in [-0.15, -0.1) is 0 Å². The van der Waals surface area contributed by atoms with Crippen molar-refractivity contribution < 1.29 is 9.53 Å². The fraction of sp³-hybridized carbons (Fsp3) is 0.800. The van der Waals surface area contributed by atoms with E-state index in [2.05, 4.69) is 22.6 Å². The van der Waals surface area contributed by atoms with E-state index in [0.29, 0.717) is 0 Å². The standard InChI is InChI=1S/C5H8INO2/c1-7-3-4(2-6)9-5(7)8/h4H,2-3H2,1H3/t4-/m1/s1. The second-order valence-electron chi connectivity index (χ2n) is 2.04. The molecule has 1 amide bonds. The van der Waals surface area contributed by atoms with Gasteiger partial charge in [0.25, 0.3) is 0 Å². The number of amides is 1. The Morgan fingerprint density at radius 2 is 2.67 bits per heavy atom. The summed E-state index contributed by atoms with van der Waals surface area (Å²) in [6.45, 7) is 0.738. The van der Waals surface area contributed by atoms with E-state index in [-0.39, 0.29) is 12.2 Å². The van der Waals surface area contributed by atoms with Crippen LogP contribution in [0, 0.1) is 0 Å². The number of halogens is 1. The van der Waals surface area contributed by atoms with Crippen LogP contribution in [-0.2, 0) is 4.74 Å². The Hall–Kier alpha value is 0. The van der Waals surface area contributed by atoms with Crippen LogP contribution in [-0.4, -0.2) is 35.1 Å². The molecule has 0 aromatic carbocycles. The predicted octanol–water partition coefficient (Wildman–Crippen LogP) is 0.872. The maximum absolute atomic E-state index is 10.6. The lowest BCUT2D eigenvalue weighted by molar-refractivity contribution is 0.143. The normalized spacial score (nSPS) is 26.7. The van der Waals surface area contributed by atoms with Crippen molar-refractivity contribution in [3.63, 3.8) is 0 Å². The summed E-state index contributed by atoms with van der Waals surface area (Å²) >= 11 is 2.21. The van der Waals surface area contributed by atoms with Gasteiger partial charge in [0.1, 0.15) is 6.10 Å². The first kappa shape index (κ1) is 7.11. The maximum Gasteiger partial charge on any atom is 0.409 e. The first-order valence-electron chi connectivity index (χ1n) is 2.71. The van der Waals surface area contributed by atoms with Gasteiger partial charge in [0.15, 0.2) is 0 Å². The molecule has 3 nitrogen and oxygen atoms in total. The molecule has 1 rings (SSSR count). The van der Waals surface area contributed by atoms with Gasteiger partial charge >= 0.3 is 6.09 Å². The number of rotatable bonds is 1. The van der Waals surface area contributed by atoms with Crippen molar-refractivity contribution in [3.8, 4) is 0 Å². The molecule has 1 aliphatic heterocycles. The lowest BCUT2D eigenvalue weighted by Crippen LogP contribution is -2.19. The van der Waals surface area contributed by atoms with Crippen LogP contribution in [0.25, 0.3) is 0 Å². The summed E-state index contributed by atoms with van der Waals surface area (Å²) in [4.78, 5) is 12.2. The van der Waals surface area contributed by atoms with E-state index in [4.69, 9.17) is 4.74 Å². The fourth-order valence-electron chi connectivity index (χ4n) is 0.730. The lowest BCUT2D eigenvalue weighted by Gasteiger charge is -2.00. The molecule has 0 aromatic rings. The predicted molar refractivity (Wildman–Crippen MR) is 41.8 cm³/mol. The van der Waals surface area contributed by atoms with Crippen molar-refractivity contribution in [2.75, 3.05) is 18.0 Å². The van der Waals surface area contributed by atoms with E-state index in [1.807, 2.05) is 0 Å². The Morgan fingerprint density at radius 1 is 2.00 bits per heavy atom. The third-order valence-corrected chi connectivity index (χ3v) is 2.21. The molecule has 4 heteroatoms. The second-order valence-corrected chi connectivity index (χ2v) is 2.92. The molecule has 0 aliphatic carbocycles. The Balaban J connectivity index is 2.44. The number of hydrogen-bond acceptors (Lipinski definition) is 2. The van der Waals surface area contributed by atoms with Gasteiger partial charge in [-0.2, -0.15) is 0 Å². The molecule has 0 unspecified atom stereocenters. The average molecular weight is 241 g/mol. The molecule has 0 saturated carbocycles. The van der Waals surface area contributed by atoms with Crippen LogP contribution in [0.5, 0.6) is 0 Å². The van der Waals surface area contributed by atoms with Gasteiger partial charge in [0.05, 0.1) is 6.54 Å². The van der Waals surface area contributed by atoms with Gasteiger partial charge in [0.2, 0.25) is 0 Å². The molecular weight excluding hydrogens is 233 g/mol. The summed E-state index contributed by atoms with van der Waals surface area (Å²) in [5.41, 5.74) is 0. The molecular formula is C5H8INO2. The van der Waals surface area contributed by atoms with Crippen molar-refractivity contribution in [1.82, 2.24) is 4.90 Å². The summed E-state index contributed by atoms with van der Waals surface area (Å²) in [5, 5.41) is 0. The number of carbonyl (C=O) groups is 1. The van der Waals surface area contributed by atoms with E-state index in [1.54, 1.807) is 11.9 Å². The average Bonchev–Trinajstić information content (AvgIpc) is 2.13. The molecule has 1 heterocycles. The third kappa shape index (κ3) is 1.47. The molecule has 9 heavy (non-hydrogen) atoms. The number of carbonyl (C=O) groups excluding carboxylic acids is 1. The summed E-state index contributed by atoms with van der Waals surface area (Å²) in [7, 11) is 1.74. The van der Waals surface area contributed by atoms with Crippen molar-refractivity contribution >= 4 is 28.7 Å². The highest BCUT2D eigenvalue weighted by atomic mass is 127. The fourth-order valence-corrected chi connectivity index (χ4v) is 1.19. The van der Waals surface area contributed by atoms with Crippen molar-refractivity contribution in [1.29, 1.82) is 0 Å². The first-order chi connectivity index (χ1) is 4.24. The largest absolute Gasteiger partial charge is 0.443 e. The van der Waals surface area contributed by atoms with Crippen molar-refractivity contribution in [3.05, 3.63) is 0 Å². The number of cyclic esters (lactones) is 1. The number of ether oxygens (including phenoxy) is 1. The van der Waals surface area contributed by atoms with E-state index in [0.717, 1.165) is 11.0 Å². The Kier molecular flexibility index (Phi) is 2.15. The first-order valence-corrected chi connectivity index (χ1v) is 4.24. The zero-order chi connectivity index (χ0) is 6.85. The van der Waals surface area contributed by atoms with Crippen LogP contribution in [0.4, 0.5) is 4.79 Å². The van der Waals surface area contributed by atoms with Crippen molar-refractivity contribution in [2.24, 2.45) is 0 Å². The summed E-state index contributed by atoms with van der Waals surface area (Å²) < 4.78 is 5.78. The molecule has 0 spiro atoms. The van der Waals surface area contributed by atoms with Crippen LogP contribution in [0.2, 0.25) is 0 Å². The number of hydrogen-bond donors (Lipinski definition) is 0. The smallest absolute Gasteiger partial charge is 0.409 e. The van der Waals surface area contributed by atoms with Crippen LogP contribution in [0.3, 0.4) is 0 Å². The van der Waals surface area contributed by atoms with Gasteiger partial charge in [-0.1, -0.05) is 22.6 Å². The SMILES string of the molecule is CN1C[C@@H](CI)OC1=O. The molecule has 1 fully saturated rings. The Morgan fingerprint density at radius 3 is 2.89 bits per heavy atom. The molecule has 1 atom stereocenters. The Labute approximate surface area is 67.5 Å². The minimum absolute atomic E-state index is 0.114. The summed E-state index contributed by atoms with van der Waals surface area (Å²) in [6.07, 6.45) is -0.0836. The zero-order valence-corrected chi connectivity index (χ0v) is 7.29. The van der Waals surface area contributed by atoms with E-state index >= 15 is 0 Å². The molecule has 0 aromatic heterocycles. The van der Waals surface area contributed by atoms with Gasteiger partial charge in [-0.25, -0.2) is 4.79 Å². The van der Waals surface area contributed by atoms with E-state index < -0.39 is 0 Å². The zero-order valence-electron chi connectivity index (χ0n) is 5.13. The van der Waals surface area contributed by atoms with Gasteiger partial charge in [-0.05, 0) is 0 Å². The highest BCUT2D eigenvalue weighted by Gasteiger charge is 2.26. The van der Waals surface area contributed by atoms with Gasteiger partial charge in [0, 0.05) is 11.5 Å². The molecule has 52 valence electrons. The van der Waals surface area contributed by atoms with Crippen LogP contribution >= 0.6 is 22.6 Å². The maximum atomic E-state index is 10.6. The number of likely N-dealkylation sites (N-methyl/N-ethyl adjacent to an activating group) is 1. The minimum atomic E-state index is -0.198. The summed E-state index contributed by atoms with van der Waals surface area (Å²) in [5.74, 6) is 0. The molecule has 0 bridgehead atoms. The second kappa shape index (κ2) is 2.72. The topological polar surface area (TPSA) is 29.5 Å². The molecule has 1 aliphatic rings.